The molecule has 0 atom stereocenters. The van der Waals surface area contributed by atoms with E-state index in [1.807, 2.05) is 0 Å². The van der Waals surface area contributed by atoms with E-state index in [1.54, 1.807) is 0 Å². The Labute approximate surface area is 116 Å². The average molecular weight is 313 g/mol. The molecule has 1 rings (SSSR count). The zero-order valence-corrected chi connectivity index (χ0v) is 11.1. The number of esters is 1. The summed E-state index contributed by atoms with van der Waals surface area (Å²) in [6, 6.07) is 0. The third-order valence-electron chi connectivity index (χ3n) is 2.53. The first-order chi connectivity index (χ1) is 9.72. The Hall–Kier alpha value is -1.93. The minimum Gasteiger partial charge on any atom is -0.481 e. The number of hydrogen-bond acceptors (Lipinski definition) is 4. The van der Waals surface area contributed by atoms with Crippen LogP contribution in [0.2, 0.25) is 0 Å². The van der Waals surface area contributed by atoms with Gasteiger partial charge in [0.1, 0.15) is 0 Å². The molecule has 0 aromatic carbocycles. The van der Waals surface area contributed by atoms with Gasteiger partial charge in [-0.25, -0.2) is 13.8 Å². The first kappa shape index (κ1) is 17.1. The Morgan fingerprint density at radius 3 is 2.43 bits per heavy atom. The van der Waals surface area contributed by atoms with Crippen molar-refractivity contribution < 1.29 is 36.2 Å². The minimum atomic E-state index is -5.02. The first-order valence-electron chi connectivity index (χ1n) is 5.79. The Morgan fingerprint density at radius 2 is 2.00 bits per heavy atom. The second-order valence-electron chi connectivity index (χ2n) is 3.85. The van der Waals surface area contributed by atoms with Gasteiger partial charge in [-0.3, -0.25) is 4.79 Å². The maximum atomic E-state index is 13.0. The number of hydrogen-bond donors (Lipinski definition) is 0. The van der Waals surface area contributed by atoms with Crippen LogP contribution >= 0.6 is 0 Å². The number of halogens is 5. The van der Waals surface area contributed by atoms with Gasteiger partial charge in [0.2, 0.25) is 5.88 Å². The summed E-state index contributed by atoms with van der Waals surface area (Å²) in [6.45, 7) is 1.45. The molecule has 9 heteroatoms. The number of rotatable bonds is 5. The number of alkyl halides is 5. The van der Waals surface area contributed by atoms with Crippen molar-refractivity contribution in [2.75, 3.05) is 13.7 Å². The summed E-state index contributed by atoms with van der Waals surface area (Å²) in [7, 11) is 1.06. The number of carbonyl (C=O) groups is 1. The van der Waals surface area contributed by atoms with Gasteiger partial charge < -0.3 is 9.47 Å². The Bertz CT molecular complexity index is 516. The molecule has 1 heterocycles. The normalized spacial score (nSPS) is 11.6. The van der Waals surface area contributed by atoms with E-state index in [1.165, 1.54) is 6.92 Å². The molecule has 0 amide bonds. The summed E-state index contributed by atoms with van der Waals surface area (Å²) in [4.78, 5) is 14.7. The van der Waals surface area contributed by atoms with Crippen LogP contribution in [0.25, 0.3) is 0 Å². The Balaban J connectivity index is 3.45. The van der Waals surface area contributed by atoms with Crippen molar-refractivity contribution in [2.24, 2.45) is 0 Å². The molecule has 0 fully saturated rings. The van der Waals surface area contributed by atoms with E-state index >= 15 is 0 Å². The smallest absolute Gasteiger partial charge is 0.418 e. The Kier molecular flexibility index (Phi) is 5.45. The van der Waals surface area contributed by atoms with Crippen LogP contribution in [0.3, 0.4) is 0 Å². The third-order valence-corrected chi connectivity index (χ3v) is 2.53. The predicted octanol–water partition coefficient (Wildman–Crippen LogP) is 3.15. The molecule has 0 N–H and O–H groups in total. The SMILES string of the molecule is CCOC(=O)Cc1c(OC)ncc(C(F)(F)F)c1C(F)F. The molecular formula is C12H12F5NO3. The monoisotopic (exact) mass is 313 g/mol. The van der Waals surface area contributed by atoms with Gasteiger partial charge in [0.25, 0.3) is 6.43 Å². The second kappa shape index (κ2) is 6.68. The highest BCUT2D eigenvalue weighted by atomic mass is 19.4. The Morgan fingerprint density at radius 1 is 1.38 bits per heavy atom. The highest BCUT2D eigenvalue weighted by Gasteiger charge is 2.39. The fourth-order valence-corrected chi connectivity index (χ4v) is 1.73. The lowest BCUT2D eigenvalue weighted by atomic mass is 10.0. The largest absolute Gasteiger partial charge is 0.481 e. The van der Waals surface area contributed by atoms with Crippen LogP contribution in [-0.4, -0.2) is 24.7 Å². The van der Waals surface area contributed by atoms with Crippen LogP contribution < -0.4 is 4.74 Å². The topological polar surface area (TPSA) is 48.4 Å². The molecule has 4 nitrogen and oxygen atoms in total. The van der Waals surface area contributed by atoms with Crippen molar-refractivity contribution in [2.45, 2.75) is 25.9 Å². The van der Waals surface area contributed by atoms with E-state index in [4.69, 9.17) is 0 Å². The highest BCUT2D eigenvalue weighted by Crippen LogP contribution is 2.40. The maximum absolute atomic E-state index is 13.0. The van der Waals surface area contributed by atoms with Gasteiger partial charge >= 0.3 is 12.1 Å². The molecule has 1 aromatic rings. The van der Waals surface area contributed by atoms with Gasteiger partial charge in [0, 0.05) is 17.3 Å². The van der Waals surface area contributed by atoms with Crippen molar-refractivity contribution in [3.63, 3.8) is 0 Å². The summed E-state index contributed by atoms with van der Waals surface area (Å²) in [5.41, 5.74) is -3.54. The van der Waals surface area contributed by atoms with E-state index in [0.29, 0.717) is 0 Å². The standard InChI is InChI=1S/C12H12F5NO3/c1-3-21-8(19)4-6-9(10(13)14)7(12(15,16)17)5-18-11(6)20-2/h5,10H,3-4H2,1-2H3. The lowest BCUT2D eigenvalue weighted by Crippen LogP contribution is -2.17. The van der Waals surface area contributed by atoms with Crippen molar-refractivity contribution >= 4 is 5.97 Å². The fourth-order valence-electron chi connectivity index (χ4n) is 1.73. The minimum absolute atomic E-state index is 0.0302. The number of nitrogens with zero attached hydrogens (tertiary/aromatic N) is 1. The summed E-state index contributed by atoms with van der Waals surface area (Å²) in [5.74, 6) is -1.41. The van der Waals surface area contributed by atoms with Crippen molar-refractivity contribution in [3.8, 4) is 5.88 Å². The lowest BCUT2D eigenvalue weighted by Gasteiger charge is -2.17. The molecular weight excluding hydrogens is 301 g/mol. The molecule has 118 valence electrons. The molecule has 0 bridgehead atoms. The van der Waals surface area contributed by atoms with Crippen LogP contribution in [0.5, 0.6) is 5.88 Å². The quantitative estimate of drug-likeness (QED) is 0.619. The van der Waals surface area contributed by atoms with Crippen LogP contribution in [-0.2, 0) is 22.1 Å². The summed E-state index contributed by atoms with van der Waals surface area (Å²) < 4.78 is 73.6. The first-order valence-corrected chi connectivity index (χ1v) is 5.79. The van der Waals surface area contributed by atoms with E-state index < -0.39 is 47.6 Å². The molecule has 0 aliphatic carbocycles. The zero-order valence-electron chi connectivity index (χ0n) is 11.1. The van der Waals surface area contributed by atoms with Gasteiger partial charge in [-0.2, -0.15) is 13.2 Å². The van der Waals surface area contributed by atoms with E-state index in [0.717, 1.165) is 7.11 Å². The molecule has 0 aliphatic rings. The van der Waals surface area contributed by atoms with Crippen LogP contribution in [0, 0.1) is 0 Å². The number of carbonyl (C=O) groups excluding carboxylic acids is 1. The van der Waals surface area contributed by atoms with Gasteiger partial charge in [0.15, 0.2) is 0 Å². The van der Waals surface area contributed by atoms with Gasteiger partial charge in [-0.05, 0) is 6.92 Å². The van der Waals surface area contributed by atoms with E-state index in [2.05, 4.69) is 14.5 Å². The van der Waals surface area contributed by atoms with Crippen LogP contribution in [0.15, 0.2) is 6.20 Å². The molecule has 0 saturated heterocycles. The molecule has 0 saturated carbocycles. The third kappa shape index (κ3) is 4.02. The second-order valence-corrected chi connectivity index (χ2v) is 3.85. The van der Waals surface area contributed by atoms with Crippen molar-refractivity contribution in [1.29, 1.82) is 0 Å². The molecule has 21 heavy (non-hydrogen) atoms. The number of pyridine rings is 1. The number of methoxy groups -OCH3 is 1. The molecule has 0 spiro atoms. The van der Waals surface area contributed by atoms with Crippen LogP contribution in [0.4, 0.5) is 22.0 Å². The fraction of sp³-hybridized carbons (Fsp3) is 0.500. The molecule has 0 unspecified atom stereocenters. The van der Waals surface area contributed by atoms with E-state index in [-0.39, 0.29) is 12.8 Å². The summed E-state index contributed by atoms with van der Waals surface area (Å²) >= 11 is 0. The van der Waals surface area contributed by atoms with Crippen molar-refractivity contribution in [3.05, 3.63) is 22.9 Å². The predicted molar refractivity (Wildman–Crippen MR) is 61.1 cm³/mol. The lowest BCUT2D eigenvalue weighted by molar-refractivity contribution is -0.143. The number of ether oxygens (including phenoxy) is 2. The number of aromatic nitrogens is 1. The van der Waals surface area contributed by atoms with Crippen LogP contribution in [0.1, 0.15) is 30.0 Å². The van der Waals surface area contributed by atoms with Gasteiger partial charge in [0.05, 0.1) is 25.7 Å². The van der Waals surface area contributed by atoms with E-state index in [9.17, 15) is 26.7 Å². The molecule has 0 aliphatic heterocycles. The van der Waals surface area contributed by atoms with Gasteiger partial charge in [-0.15, -0.1) is 0 Å². The summed E-state index contributed by atoms with van der Waals surface area (Å²) in [6.07, 6.45) is -8.99. The average Bonchev–Trinajstić information content (AvgIpc) is 2.36. The molecule has 1 aromatic heterocycles. The summed E-state index contributed by atoms with van der Waals surface area (Å²) in [5, 5.41) is 0. The van der Waals surface area contributed by atoms with Gasteiger partial charge in [-0.1, -0.05) is 0 Å². The molecule has 0 radical (unpaired) electrons. The maximum Gasteiger partial charge on any atom is 0.418 e. The highest BCUT2D eigenvalue weighted by molar-refractivity contribution is 5.74. The van der Waals surface area contributed by atoms with Crippen molar-refractivity contribution in [1.82, 2.24) is 4.98 Å². The zero-order chi connectivity index (χ0) is 16.2.